The average Bonchev–Trinajstić information content (AvgIpc) is 2.07. The van der Waals surface area contributed by atoms with Crippen LogP contribution in [0.5, 0.6) is 0 Å². The quantitative estimate of drug-likeness (QED) is 0.465. The molecule has 0 rings (SSSR count). The number of esters is 1. The number of carbonyl (C=O) groups is 1. The summed E-state index contributed by atoms with van der Waals surface area (Å²) < 4.78 is 4.68. The summed E-state index contributed by atoms with van der Waals surface area (Å²) in [6.45, 7) is 11.4. The van der Waals surface area contributed by atoms with Gasteiger partial charge in [-0.15, -0.1) is 6.58 Å². The van der Waals surface area contributed by atoms with Crippen LogP contribution in [0.2, 0.25) is 0 Å². The van der Waals surface area contributed by atoms with Crippen LogP contribution in [0.1, 0.15) is 27.7 Å². The van der Waals surface area contributed by atoms with E-state index in [0.717, 1.165) is 0 Å². The maximum atomic E-state index is 10.7. The monoisotopic (exact) mass is 158 g/mol. The Kier molecular flexibility index (Phi) is 10.8. The first-order chi connectivity index (χ1) is 5.22. The number of carbonyl (C=O) groups excluding carboxylic acids is 1. The van der Waals surface area contributed by atoms with Gasteiger partial charge in [0, 0.05) is 0 Å². The Balaban J connectivity index is 0. The van der Waals surface area contributed by atoms with Crippen LogP contribution in [-0.4, -0.2) is 12.6 Å². The summed E-state index contributed by atoms with van der Waals surface area (Å²) in [6, 6.07) is 0. The van der Waals surface area contributed by atoms with Gasteiger partial charge in [0.05, 0.1) is 12.5 Å². The van der Waals surface area contributed by atoms with Gasteiger partial charge in [-0.25, -0.2) is 0 Å². The van der Waals surface area contributed by atoms with Crippen molar-refractivity contribution >= 4 is 5.97 Å². The summed E-state index contributed by atoms with van der Waals surface area (Å²) >= 11 is 0. The molecule has 66 valence electrons. The molecule has 11 heavy (non-hydrogen) atoms. The highest BCUT2D eigenvalue weighted by Gasteiger charge is 2.07. The van der Waals surface area contributed by atoms with E-state index < -0.39 is 0 Å². The highest BCUT2D eigenvalue weighted by Crippen LogP contribution is 1.97. The minimum absolute atomic E-state index is 0.176. The summed E-state index contributed by atoms with van der Waals surface area (Å²) in [5.41, 5.74) is 0. The molecule has 0 aliphatic rings. The largest absolute Gasteiger partial charge is 0.466 e. The Bertz CT molecular complexity index is 108. The predicted octanol–water partition coefficient (Wildman–Crippen LogP) is 2.40. The first-order valence-corrected chi connectivity index (χ1v) is 4.01. The SMILES string of the molecule is C=CC(C)C(=O)OCC.CC. The van der Waals surface area contributed by atoms with Gasteiger partial charge in [-0.2, -0.15) is 0 Å². The molecule has 0 aromatic rings. The summed E-state index contributed by atoms with van der Waals surface area (Å²) in [6.07, 6.45) is 1.57. The first-order valence-electron chi connectivity index (χ1n) is 4.01. The molecule has 0 heterocycles. The van der Waals surface area contributed by atoms with Crippen molar-refractivity contribution in [2.45, 2.75) is 27.7 Å². The highest BCUT2D eigenvalue weighted by molar-refractivity contribution is 5.73. The molecule has 0 spiro atoms. The fourth-order valence-electron chi connectivity index (χ4n) is 0.370. The molecule has 2 nitrogen and oxygen atoms in total. The van der Waals surface area contributed by atoms with Crippen LogP contribution in [0.4, 0.5) is 0 Å². The van der Waals surface area contributed by atoms with Crippen molar-refractivity contribution in [3.05, 3.63) is 12.7 Å². The van der Waals surface area contributed by atoms with Crippen LogP contribution < -0.4 is 0 Å². The summed E-state index contributed by atoms with van der Waals surface area (Å²) in [5, 5.41) is 0. The van der Waals surface area contributed by atoms with Crippen LogP contribution in [0.25, 0.3) is 0 Å². The lowest BCUT2D eigenvalue weighted by molar-refractivity contribution is -0.145. The molecule has 1 atom stereocenters. The third-order valence-corrected chi connectivity index (χ3v) is 1.01. The lowest BCUT2D eigenvalue weighted by Gasteiger charge is -2.03. The van der Waals surface area contributed by atoms with Crippen LogP contribution in [0.3, 0.4) is 0 Å². The van der Waals surface area contributed by atoms with Crippen molar-refractivity contribution in [2.75, 3.05) is 6.61 Å². The van der Waals surface area contributed by atoms with Crippen molar-refractivity contribution in [2.24, 2.45) is 5.92 Å². The zero-order valence-electron chi connectivity index (χ0n) is 7.89. The Morgan fingerprint density at radius 2 is 2.09 bits per heavy atom. The van der Waals surface area contributed by atoms with Gasteiger partial charge >= 0.3 is 5.97 Å². The second kappa shape index (κ2) is 9.21. The van der Waals surface area contributed by atoms with E-state index in [0.29, 0.717) is 6.61 Å². The Labute approximate surface area is 69.3 Å². The van der Waals surface area contributed by atoms with Gasteiger partial charge in [0.25, 0.3) is 0 Å². The van der Waals surface area contributed by atoms with Gasteiger partial charge in [0.1, 0.15) is 0 Å². The van der Waals surface area contributed by atoms with E-state index in [-0.39, 0.29) is 11.9 Å². The number of ether oxygens (including phenoxy) is 1. The minimum Gasteiger partial charge on any atom is -0.466 e. The van der Waals surface area contributed by atoms with E-state index in [2.05, 4.69) is 11.3 Å². The van der Waals surface area contributed by atoms with E-state index in [1.54, 1.807) is 19.9 Å². The molecule has 0 saturated carbocycles. The Morgan fingerprint density at radius 1 is 1.64 bits per heavy atom. The second-order valence-electron chi connectivity index (χ2n) is 1.78. The molecule has 0 radical (unpaired) electrons. The molecule has 0 fully saturated rings. The van der Waals surface area contributed by atoms with E-state index in [9.17, 15) is 4.79 Å². The lowest BCUT2D eigenvalue weighted by Crippen LogP contribution is -2.11. The second-order valence-corrected chi connectivity index (χ2v) is 1.78. The zero-order valence-corrected chi connectivity index (χ0v) is 7.89. The molecular formula is C9H18O2. The van der Waals surface area contributed by atoms with Gasteiger partial charge in [0.2, 0.25) is 0 Å². The van der Waals surface area contributed by atoms with Crippen molar-refractivity contribution < 1.29 is 9.53 Å². The van der Waals surface area contributed by atoms with Crippen molar-refractivity contribution in [1.29, 1.82) is 0 Å². The normalized spacial score (nSPS) is 10.5. The minimum atomic E-state index is -0.201. The Hall–Kier alpha value is -0.790. The third kappa shape index (κ3) is 7.10. The zero-order chi connectivity index (χ0) is 9.28. The molecule has 1 unspecified atom stereocenters. The third-order valence-electron chi connectivity index (χ3n) is 1.01. The molecule has 0 aromatic heterocycles. The van der Waals surface area contributed by atoms with Crippen molar-refractivity contribution in [3.63, 3.8) is 0 Å². The average molecular weight is 158 g/mol. The summed E-state index contributed by atoms with van der Waals surface area (Å²) in [7, 11) is 0. The van der Waals surface area contributed by atoms with E-state index in [1.165, 1.54) is 0 Å². The number of hydrogen-bond donors (Lipinski definition) is 0. The number of rotatable bonds is 3. The molecule has 0 aliphatic heterocycles. The van der Waals surface area contributed by atoms with Crippen molar-refractivity contribution in [3.8, 4) is 0 Å². The molecule has 0 bridgehead atoms. The molecule has 2 heteroatoms. The van der Waals surface area contributed by atoms with E-state index in [4.69, 9.17) is 0 Å². The van der Waals surface area contributed by atoms with Gasteiger partial charge in [-0.1, -0.05) is 19.9 Å². The first kappa shape index (κ1) is 12.8. The molecule has 0 aliphatic carbocycles. The van der Waals surface area contributed by atoms with Crippen molar-refractivity contribution in [1.82, 2.24) is 0 Å². The fraction of sp³-hybridized carbons (Fsp3) is 0.667. The molecule has 0 saturated heterocycles. The van der Waals surface area contributed by atoms with Gasteiger partial charge < -0.3 is 4.74 Å². The van der Waals surface area contributed by atoms with Gasteiger partial charge in [0.15, 0.2) is 0 Å². The maximum absolute atomic E-state index is 10.7. The van der Waals surface area contributed by atoms with Gasteiger partial charge in [-0.05, 0) is 13.8 Å². The number of hydrogen-bond acceptors (Lipinski definition) is 2. The smallest absolute Gasteiger partial charge is 0.312 e. The Morgan fingerprint density at radius 3 is 2.36 bits per heavy atom. The van der Waals surface area contributed by atoms with E-state index >= 15 is 0 Å². The maximum Gasteiger partial charge on any atom is 0.312 e. The summed E-state index contributed by atoms with van der Waals surface area (Å²) in [5.74, 6) is -0.377. The predicted molar refractivity (Wildman–Crippen MR) is 47.3 cm³/mol. The van der Waals surface area contributed by atoms with Gasteiger partial charge in [-0.3, -0.25) is 4.79 Å². The molecule has 0 aromatic carbocycles. The molecule has 0 N–H and O–H groups in total. The highest BCUT2D eigenvalue weighted by atomic mass is 16.5. The topological polar surface area (TPSA) is 26.3 Å². The fourth-order valence-corrected chi connectivity index (χ4v) is 0.370. The van der Waals surface area contributed by atoms with Crippen LogP contribution in [-0.2, 0) is 9.53 Å². The molecule has 0 amide bonds. The van der Waals surface area contributed by atoms with Crippen LogP contribution >= 0.6 is 0 Å². The van der Waals surface area contributed by atoms with Crippen LogP contribution in [0, 0.1) is 5.92 Å². The van der Waals surface area contributed by atoms with Crippen LogP contribution in [0.15, 0.2) is 12.7 Å². The lowest BCUT2D eigenvalue weighted by atomic mass is 10.2. The summed E-state index contributed by atoms with van der Waals surface area (Å²) in [4.78, 5) is 10.7. The molecular weight excluding hydrogens is 140 g/mol. The standard InChI is InChI=1S/C7H12O2.C2H6/c1-4-6(3)7(8)9-5-2;1-2/h4,6H,1,5H2,2-3H3;1-2H3. The van der Waals surface area contributed by atoms with E-state index in [1.807, 2.05) is 13.8 Å².